The number of halogens is 3. The van der Waals surface area contributed by atoms with Crippen molar-refractivity contribution in [3.8, 4) is 16.3 Å². The first-order valence-corrected chi connectivity index (χ1v) is 16.2. The van der Waals surface area contributed by atoms with Crippen LogP contribution in [0, 0.1) is 13.8 Å². The smallest absolute Gasteiger partial charge is 0.416 e. The maximum absolute atomic E-state index is 13.1. The van der Waals surface area contributed by atoms with Gasteiger partial charge in [0.15, 0.2) is 0 Å². The summed E-state index contributed by atoms with van der Waals surface area (Å²) in [5, 5.41) is 9.69. The van der Waals surface area contributed by atoms with Gasteiger partial charge in [-0.15, -0.1) is 23.1 Å². The molecule has 10 heteroatoms. The highest BCUT2D eigenvalue weighted by molar-refractivity contribution is 7.99. The molecule has 4 rings (SSSR count). The van der Waals surface area contributed by atoms with Crippen LogP contribution in [-0.4, -0.2) is 21.8 Å². The van der Waals surface area contributed by atoms with Gasteiger partial charge in [0.1, 0.15) is 16.5 Å². The standard InChI is InChI=1S/C32H32F3NO3S3/c1-21-19-26(17-18-27(21)39-40-20-29(37)38)41-28(12-8-4-7-11-23-9-5-3-6-10-23)30-22(2)36-31(42-30)24-13-15-25(16-14-24)32(33,34)35/h3,5-6,9-10,13-19,28H,4,7-8,11-12,20H2,1-2H3,(H,37,38). The highest BCUT2D eigenvalue weighted by Crippen LogP contribution is 2.45. The number of carboxylic acids is 1. The zero-order valence-electron chi connectivity index (χ0n) is 23.3. The lowest BCUT2D eigenvalue weighted by Gasteiger charge is -2.17. The van der Waals surface area contributed by atoms with Crippen LogP contribution in [0.2, 0.25) is 0 Å². The van der Waals surface area contributed by atoms with Crippen molar-refractivity contribution in [1.82, 2.24) is 4.98 Å². The zero-order valence-corrected chi connectivity index (χ0v) is 25.8. The monoisotopic (exact) mass is 631 g/mol. The van der Waals surface area contributed by atoms with Crippen molar-refractivity contribution in [2.24, 2.45) is 0 Å². The second-order valence-corrected chi connectivity index (χ2v) is 12.9. The first kappa shape index (κ1) is 32.0. The number of thiazole rings is 1. The number of nitrogens with zero attached hydrogens (tertiary/aromatic N) is 1. The van der Waals surface area contributed by atoms with E-state index in [0.717, 1.165) is 77.3 Å². The minimum absolute atomic E-state index is 0.120. The predicted octanol–water partition coefficient (Wildman–Crippen LogP) is 10.2. The van der Waals surface area contributed by atoms with Crippen LogP contribution in [0.3, 0.4) is 0 Å². The number of carboxylic acid groups (broad SMARTS) is 1. The lowest BCUT2D eigenvalue weighted by molar-refractivity contribution is -0.137. The Bertz CT molecular complexity index is 1460. The number of thioether (sulfide) groups is 1. The van der Waals surface area contributed by atoms with Gasteiger partial charge in [0.05, 0.1) is 23.3 Å². The number of aromatic nitrogens is 1. The fraction of sp³-hybridized carbons (Fsp3) is 0.312. The van der Waals surface area contributed by atoms with E-state index in [1.807, 2.05) is 38.1 Å². The lowest BCUT2D eigenvalue weighted by atomic mass is 10.0. The number of rotatable bonds is 14. The molecule has 1 unspecified atom stereocenters. The maximum Gasteiger partial charge on any atom is 0.416 e. The van der Waals surface area contributed by atoms with E-state index in [-0.39, 0.29) is 11.0 Å². The normalized spacial score (nSPS) is 12.3. The molecule has 0 aliphatic heterocycles. The van der Waals surface area contributed by atoms with Gasteiger partial charge < -0.3 is 9.29 Å². The summed E-state index contributed by atoms with van der Waals surface area (Å²) in [6, 6.07) is 21.5. The third-order valence-electron chi connectivity index (χ3n) is 6.61. The third kappa shape index (κ3) is 9.28. The number of carbonyl (C=O) groups is 1. The van der Waals surface area contributed by atoms with Gasteiger partial charge in [-0.3, -0.25) is 4.79 Å². The van der Waals surface area contributed by atoms with Crippen LogP contribution in [-0.2, 0) is 17.4 Å². The second kappa shape index (κ2) is 15.0. The quantitative estimate of drug-likeness (QED) is 0.0849. The van der Waals surface area contributed by atoms with Crippen molar-refractivity contribution < 1.29 is 27.3 Å². The van der Waals surface area contributed by atoms with Gasteiger partial charge >= 0.3 is 12.1 Å². The molecule has 0 aliphatic carbocycles. The summed E-state index contributed by atoms with van der Waals surface area (Å²) in [4.78, 5) is 17.7. The summed E-state index contributed by atoms with van der Waals surface area (Å²) in [7, 11) is 0. The first-order chi connectivity index (χ1) is 20.1. The Morgan fingerprint density at radius 1 is 1.00 bits per heavy atom. The van der Waals surface area contributed by atoms with E-state index in [1.165, 1.54) is 29.0 Å². The van der Waals surface area contributed by atoms with Gasteiger partial charge in [-0.25, -0.2) is 4.98 Å². The average Bonchev–Trinajstić information content (AvgIpc) is 3.34. The SMILES string of the molecule is Cc1cc(SC(CCCCCc2ccccc2)c2sc(-c3ccc(C(F)(F)F)cc3)nc2C)ccc1OSCC(=O)O. The van der Waals surface area contributed by atoms with E-state index < -0.39 is 17.7 Å². The molecule has 4 nitrogen and oxygen atoms in total. The van der Waals surface area contributed by atoms with Crippen molar-refractivity contribution in [2.45, 2.75) is 62.3 Å². The van der Waals surface area contributed by atoms with Gasteiger partial charge in [0, 0.05) is 20.6 Å². The summed E-state index contributed by atoms with van der Waals surface area (Å²) < 4.78 is 44.8. The highest BCUT2D eigenvalue weighted by atomic mass is 32.2. The minimum atomic E-state index is -4.38. The van der Waals surface area contributed by atoms with E-state index in [9.17, 15) is 18.0 Å². The number of benzene rings is 3. The third-order valence-corrected chi connectivity index (χ3v) is 10.0. The second-order valence-electron chi connectivity index (χ2n) is 9.90. The fourth-order valence-corrected chi connectivity index (χ4v) is 7.58. The summed E-state index contributed by atoms with van der Waals surface area (Å²) >= 11 is 4.17. The first-order valence-electron chi connectivity index (χ1n) is 13.6. The summed E-state index contributed by atoms with van der Waals surface area (Å²) in [6.07, 6.45) is 0.806. The Balaban J connectivity index is 1.50. The molecule has 1 heterocycles. The topological polar surface area (TPSA) is 59.4 Å². The van der Waals surface area contributed by atoms with Crippen LogP contribution in [0.5, 0.6) is 5.75 Å². The van der Waals surface area contributed by atoms with Crippen LogP contribution in [0.1, 0.15) is 58.2 Å². The molecule has 222 valence electrons. The Labute approximate surface area is 256 Å². The van der Waals surface area contributed by atoms with Gasteiger partial charge in [0.2, 0.25) is 0 Å². The Morgan fingerprint density at radius 2 is 1.74 bits per heavy atom. The Morgan fingerprint density at radius 3 is 2.40 bits per heavy atom. The zero-order chi connectivity index (χ0) is 30.1. The highest BCUT2D eigenvalue weighted by Gasteiger charge is 2.30. The van der Waals surface area contributed by atoms with Crippen molar-refractivity contribution in [3.63, 3.8) is 0 Å². The van der Waals surface area contributed by atoms with E-state index >= 15 is 0 Å². The molecule has 0 amide bonds. The van der Waals surface area contributed by atoms with Gasteiger partial charge in [-0.1, -0.05) is 55.3 Å². The van der Waals surface area contributed by atoms with Crippen LogP contribution in [0.15, 0.2) is 77.7 Å². The molecule has 0 fully saturated rings. The van der Waals surface area contributed by atoms with E-state index in [0.29, 0.717) is 16.3 Å². The molecule has 0 radical (unpaired) electrons. The number of hydrogen-bond donors (Lipinski definition) is 1. The molecule has 1 N–H and O–H groups in total. The maximum atomic E-state index is 13.1. The predicted molar refractivity (Wildman–Crippen MR) is 166 cm³/mol. The van der Waals surface area contributed by atoms with Gasteiger partial charge in [-0.2, -0.15) is 13.2 Å². The molecule has 0 spiro atoms. The molecule has 1 aromatic heterocycles. The summed E-state index contributed by atoms with van der Waals surface area (Å²) in [5.41, 5.74) is 3.13. The van der Waals surface area contributed by atoms with E-state index in [4.69, 9.17) is 14.3 Å². The number of hydrogen-bond acceptors (Lipinski definition) is 6. The van der Waals surface area contributed by atoms with Crippen LogP contribution >= 0.6 is 35.1 Å². The Kier molecular flexibility index (Phi) is 11.4. The van der Waals surface area contributed by atoms with Crippen molar-refractivity contribution in [3.05, 3.63) is 100 Å². The van der Waals surface area contributed by atoms with Crippen molar-refractivity contribution >= 4 is 41.1 Å². The molecular formula is C32H32F3NO3S3. The molecule has 0 saturated heterocycles. The largest absolute Gasteiger partial charge is 0.481 e. The van der Waals surface area contributed by atoms with Gasteiger partial charge in [-0.05, 0) is 74.6 Å². The minimum Gasteiger partial charge on any atom is -0.481 e. The Hall–Kier alpha value is -2.95. The molecule has 4 aromatic rings. The summed E-state index contributed by atoms with van der Waals surface area (Å²) in [6.45, 7) is 3.89. The molecule has 0 bridgehead atoms. The van der Waals surface area contributed by atoms with Gasteiger partial charge in [0.25, 0.3) is 0 Å². The molecule has 3 aromatic carbocycles. The lowest BCUT2D eigenvalue weighted by Crippen LogP contribution is -2.03. The molecular weight excluding hydrogens is 600 g/mol. The van der Waals surface area contributed by atoms with Crippen LogP contribution in [0.4, 0.5) is 13.2 Å². The van der Waals surface area contributed by atoms with E-state index in [1.54, 1.807) is 11.8 Å². The number of alkyl halides is 3. The molecule has 0 saturated carbocycles. The van der Waals surface area contributed by atoms with Crippen LogP contribution in [0.25, 0.3) is 10.6 Å². The van der Waals surface area contributed by atoms with Crippen molar-refractivity contribution in [2.75, 3.05) is 5.75 Å². The molecule has 1 atom stereocenters. The van der Waals surface area contributed by atoms with Crippen molar-refractivity contribution in [1.29, 1.82) is 0 Å². The molecule has 0 aliphatic rings. The average molecular weight is 632 g/mol. The van der Waals surface area contributed by atoms with Crippen LogP contribution < -0.4 is 4.18 Å². The summed E-state index contributed by atoms with van der Waals surface area (Å²) in [5.74, 6) is -0.456. The number of aliphatic carboxylic acids is 1. The molecule has 42 heavy (non-hydrogen) atoms. The number of aryl methyl sites for hydroxylation is 3. The van der Waals surface area contributed by atoms with E-state index in [2.05, 4.69) is 24.3 Å². The number of unbranched alkanes of at least 4 members (excludes halogenated alkanes) is 2. The fourth-order valence-electron chi connectivity index (χ4n) is 4.45.